The van der Waals surface area contributed by atoms with Crippen LogP contribution in [0.3, 0.4) is 0 Å². The Bertz CT molecular complexity index is 1030. The van der Waals surface area contributed by atoms with Crippen molar-refractivity contribution in [1.82, 2.24) is 14.9 Å². The zero-order valence-corrected chi connectivity index (χ0v) is 14.3. The van der Waals surface area contributed by atoms with Gasteiger partial charge in [-0.3, -0.25) is 14.2 Å². The van der Waals surface area contributed by atoms with Crippen molar-refractivity contribution in [2.24, 2.45) is 0 Å². The third-order valence-electron chi connectivity index (χ3n) is 4.12. The van der Waals surface area contributed by atoms with Crippen LogP contribution in [-0.4, -0.2) is 21.6 Å². The lowest BCUT2D eigenvalue weighted by Crippen LogP contribution is -2.41. The SMILES string of the molecule is Cc1nc2ccccc2c(=O)n1CC(=O)NC(c1ccccc1)C(F)(F)F. The molecule has 0 aliphatic rings. The molecule has 0 radical (unpaired) electrons. The maximum Gasteiger partial charge on any atom is 0.412 e. The molecule has 0 fully saturated rings. The summed E-state index contributed by atoms with van der Waals surface area (Å²) in [6, 6.07) is 11.5. The zero-order chi connectivity index (χ0) is 19.6. The number of nitrogens with zero attached hydrogens (tertiary/aromatic N) is 2. The largest absolute Gasteiger partial charge is 0.412 e. The highest BCUT2D eigenvalue weighted by Crippen LogP contribution is 2.32. The second-order valence-corrected chi connectivity index (χ2v) is 6.02. The van der Waals surface area contributed by atoms with E-state index in [1.54, 1.807) is 30.3 Å². The summed E-state index contributed by atoms with van der Waals surface area (Å²) in [7, 11) is 0. The van der Waals surface area contributed by atoms with Gasteiger partial charge in [0.1, 0.15) is 12.4 Å². The minimum atomic E-state index is -4.67. The second-order valence-electron chi connectivity index (χ2n) is 6.02. The van der Waals surface area contributed by atoms with Crippen molar-refractivity contribution in [3.63, 3.8) is 0 Å². The van der Waals surface area contributed by atoms with Crippen molar-refractivity contribution in [3.8, 4) is 0 Å². The number of aryl methyl sites for hydroxylation is 1. The summed E-state index contributed by atoms with van der Waals surface area (Å²) >= 11 is 0. The zero-order valence-electron chi connectivity index (χ0n) is 14.3. The van der Waals surface area contributed by atoms with E-state index in [9.17, 15) is 22.8 Å². The Labute approximate surface area is 152 Å². The molecule has 1 unspecified atom stereocenters. The van der Waals surface area contributed by atoms with Gasteiger partial charge in [0.25, 0.3) is 5.56 Å². The summed E-state index contributed by atoms with van der Waals surface area (Å²) in [5.74, 6) is -0.680. The first-order chi connectivity index (χ1) is 12.8. The number of carbonyl (C=O) groups is 1. The van der Waals surface area contributed by atoms with E-state index in [2.05, 4.69) is 4.98 Å². The van der Waals surface area contributed by atoms with E-state index in [4.69, 9.17) is 0 Å². The minimum Gasteiger partial charge on any atom is -0.339 e. The number of amides is 1. The van der Waals surface area contributed by atoms with E-state index in [-0.39, 0.29) is 11.4 Å². The van der Waals surface area contributed by atoms with Crippen LogP contribution in [0.5, 0.6) is 0 Å². The van der Waals surface area contributed by atoms with Crippen LogP contribution in [0.4, 0.5) is 13.2 Å². The molecule has 1 N–H and O–H groups in total. The van der Waals surface area contributed by atoms with Crippen LogP contribution >= 0.6 is 0 Å². The molecule has 0 saturated carbocycles. The number of fused-ring (bicyclic) bond motifs is 1. The molecular formula is C19H16F3N3O2. The van der Waals surface area contributed by atoms with E-state index >= 15 is 0 Å². The molecule has 1 atom stereocenters. The van der Waals surface area contributed by atoms with Crippen molar-refractivity contribution >= 4 is 16.8 Å². The number of nitrogens with one attached hydrogen (secondary N) is 1. The Balaban J connectivity index is 1.89. The standard InChI is InChI=1S/C19H16F3N3O2/c1-12-23-15-10-6-5-9-14(15)18(27)25(12)11-16(26)24-17(19(20,21)22)13-7-3-2-4-8-13/h2-10,17H,11H2,1H3,(H,24,26). The van der Waals surface area contributed by atoms with Gasteiger partial charge in [0.05, 0.1) is 10.9 Å². The lowest BCUT2D eigenvalue weighted by atomic mass is 10.1. The Morgan fingerprint density at radius 2 is 1.74 bits per heavy atom. The fourth-order valence-corrected chi connectivity index (χ4v) is 2.82. The second kappa shape index (κ2) is 7.22. The number of carbonyl (C=O) groups excluding carboxylic acids is 1. The first kappa shape index (κ1) is 18.6. The topological polar surface area (TPSA) is 64.0 Å². The molecule has 0 aliphatic carbocycles. The highest BCUT2D eigenvalue weighted by molar-refractivity contribution is 5.79. The van der Waals surface area contributed by atoms with Gasteiger partial charge >= 0.3 is 6.18 Å². The Hall–Kier alpha value is -3.16. The molecule has 0 saturated heterocycles. The third-order valence-corrected chi connectivity index (χ3v) is 4.12. The number of alkyl halides is 3. The van der Waals surface area contributed by atoms with E-state index in [0.717, 1.165) is 4.57 Å². The van der Waals surface area contributed by atoms with Gasteiger partial charge in [-0.2, -0.15) is 13.2 Å². The Morgan fingerprint density at radius 3 is 2.41 bits per heavy atom. The van der Waals surface area contributed by atoms with Crippen molar-refractivity contribution in [1.29, 1.82) is 0 Å². The summed E-state index contributed by atoms with van der Waals surface area (Å²) in [6.45, 7) is 0.974. The van der Waals surface area contributed by atoms with Crippen molar-refractivity contribution in [2.75, 3.05) is 0 Å². The summed E-state index contributed by atoms with van der Waals surface area (Å²) in [5.41, 5.74) is -0.0929. The van der Waals surface area contributed by atoms with Gasteiger partial charge in [-0.1, -0.05) is 42.5 Å². The van der Waals surface area contributed by atoms with E-state index in [1.807, 2.05) is 5.32 Å². The van der Waals surface area contributed by atoms with Gasteiger partial charge in [-0.25, -0.2) is 4.98 Å². The molecule has 0 spiro atoms. The van der Waals surface area contributed by atoms with E-state index in [0.29, 0.717) is 10.9 Å². The highest BCUT2D eigenvalue weighted by Gasteiger charge is 2.41. The lowest BCUT2D eigenvalue weighted by Gasteiger charge is -2.22. The average Bonchev–Trinajstić information content (AvgIpc) is 2.63. The molecule has 140 valence electrons. The van der Waals surface area contributed by atoms with Gasteiger partial charge in [0.15, 0.2) is 6.04 Å². The van der Waals surface area contributed by atoms with Crippen LogP contribution in [0.25, 0.3) is 10.9 Å². The van der Waals surface area contributed by atoms with Gasteiger partial charge in [-0.05, 0) is 24.6 Å². The smallest absolute Gasteiger partial charge is 0.339 e. The Kier molecular flexibility index (Phi) is 4.98. The number of hydrogen-bond donors (Lipinski definition) is 1. The molecule has 1 aromatic heterocycles. The van der Waals surface area contributed by atoms with Crippen LogP contribution in [0, 0.1) is 6.92 Å². The predicted octanol–water partition coefficient (Wildman–Crippen LogP) is 3.12. The molecular weight excluding hydrogens is 359 g/mol. The van der Waals surface area contributed by atoms with Crippen LogP contribution < -0.4 is 10.9 Å². The predicted molar refractivity (Wildman–Crippen MR) is 94.1 cm³/mol. The summed E-state index contributed by atoms with van der Waals surface area (Å²) < 4.78 is 41.2. The number of aromatic nitrogens is 2. The average molecular weight is 375 g/mol. The monoisotopic (exact) mass is 375 g/mol. The van der Waals surface area contributed by atoms with Crippen LogP contribution in [0.1, 0.15) is 17.4 Å². The van der Waals surface area contributed by atoms with Gasteiger partial charge in [-0.15, -0.1) is 0 Å². The van der Waals surface area contributed by atoms with Crippen LogP contribution in [-0.2, 0) is 11.3 Å². The molecule has 1 heterocycles. The summed E-state index contributed by atoms with van der Waals surface area (Å²) in [4.78, 5) is 29.1. The van der Waals surface area contributed by atoms with E-state index in [1.165, 1.54) is 31.2 Å². The van der Waals surface area contributed by atoms with Gasteiger partial charge < -0.3 is 5.32 Å². The number of para-hydroxylation sites is 1. The van der Waals surface area contributed by atoms with Crippen LogP contribution in [0.15, 0.2) is 59.4 Å². The maximum atomic E-state index is 13.4. The maximum absolute atomic E-state index is 13.4. The van der Waals surface area contributed by atoms with E-state index < -0.39 is 30.2 Å². The Morgan fingerprint density at radius 1 is 1.11 bits per heavy atom. The highest BCUT2D eigenvalue weighted by atomic mass is 19.4. The number of rotatable bonds is 4. The van der Waals surface area contributed by atoms with Gasteiger partial charge in [0.2, 0.25) is 5.91 Å². The lowest BCUT2D eigenvalue weighted by molar-refractivity contribution is -0.163. The van der Waals surface area contributed by atoms with Crippen molar-refractivity contribution in [2.45, 2.75) is 25.7 Å². The molecule has 5 nitrogen and oxygen atoms in total. The fourth-order valence-electron chi connectivity index (χ4n) is 2.82. The number of benzene rings is 2. The molecule has 27 heavy (non-hydrogen) atoms. The molecule has 1 amide bonds. The number of halogens is 3. The molecule has 2 aromatic carbocycles. The molecule has 8 heteroatoms. The van der Waals surface area contributed by atoms with Crippen LogP contribution in [0.2, 0.25) is 0 Å². The molecule has 0 bridgehead atoms. The first-order valence-corrected chi connectivity index (χ1v) is 8.14. The molecule has 0 aliphatic heterocycles. The van der Waals surface area contributed by atoms with Gasteiger partial charge in [0, 0.05) is 0 Å². The third kappa shape index (κ3) is 3.99. The first-order valence-electron chi connectivity index (χ1n) is 8.14. The van der Waals surface area contributed by atoms with Crippen molar-refractivity contribution in [3.05, 3.63) is 76.3 Å². The quantitative estimate of drug-likeness (QED) is 0.762. The van der Waals surface area contributed by atoms with Crippen molar-refractivity contribution < 1.29 is 18.0 Å². The number of hydrogen-bond acceptors (Lipinski definition) is 3. The molecule has 3 aromatic rings. The summed E-state index contributed by atoms with van der Waals surface area (Å²) in [5, 5.41) is 2.27. The summed E-state index contributed by atoms with van der Waals surface area (Å²) in [6.07, 6.45) is -4.67. The normalized spacial score (nSPS) is 12.7. The minimum absolute atomic E-state index is 0.0842. The fraction of sp³-hybridized carbons (Fsp3) is 0.211. The molecule has 3 rings (SSSR count).